The van der Waals surface area contributed by atoms with Crippen LogP contribution in [-0.4, -0.2) is 36.3 Å². The number of pyridine rings is 1. The van der Waals surface area contributed by atoms with Gasteiger partial charge in [0, 0.05) is 19.2 Å². The first-order valence-electron chi connectivity index (χ1n) is 7.96. The van der Waals surface area contributed by atoms with Gasteiger partial charge in [-0.25, -0.2) is 17.2 Å². The van der Waals surface area contributed by atoms with Gasteiger partial charge in [-0.2, -0.15) is 0 Å². The molecule has 0 saturated heterocycles. The van der Waals surface area contributed by atoms with E-state index in [-0.39, 0.29) is 22.4 Å². The highest BCUT2D eigenvalue weighted by molar-refractivity contribution is 7.91. The highest BCUT2D eigenvalue weighted by Gasteiger charge is 2.24. The predicted molar refractivity (Wildman–Crippen MR) is 91.9 cm³/mol. The van der Waals surface area contributed by atoms with E-state index in [0.717, 1.165) is 6.92 Å². The molecule has 0 aliphatic rings. The lowest BCUT2D eigenvalue weighted by atomic mass is 10.2. The molecule has 0 unspecified atom stereocenters. The molecule has 25 heavy (non-hydrogen) atoms. The molecule has 2 aromatic rings. The second kappa shape index (κ2) is 7.11. The Kier molecular flexibility index (Phi) is 5.51. The number of rotatable bonds is 7. The number of ether oxygens (including phenoxy) is 1. The molecule has 0 aromatic carbocycles. The van der Waals surface area contributed by atoms with Gasteiger partial charge in [0.25, 0.3) is 5.92 Å². The zero-order chi connectivity index (χ0) is 18.8. The molecule has 0 aliphatic carbocycles. The Morgan fingerprint density at radius 2 is 1.96 bits per heavy atom. The molecule has 0 bridgehead atoms. The van der Waals surface area contributed by atoms with E-state index in [4.69, 9.17) is 4.74 Å². The number of nitrogens with zero attached hydrogens (tertiary/aromatic N) is 2. The Balaban J connectivity index is 2.42. The lowest BCUT2D eigenvalue weighted by Gasteiger charge is -2.15. The number of aromatic nitrogens is 2. The third-order valence-corrected chi connectivity index (χ3v) is 5.38. The van der Waals surface area contributed by atoms with E-state index in [1.54, 1.807) is 25.3 Å². The van der Waals surface area contributed by atoms with Gasteiger partial charge in [-0.3, -0.25) is 4.98 Å². The maximum absolute atomic E-state index is 12.9. The fraction of sp³-hybridized carbons (Fsp3) is 0.471. The fourth-order valence-electron chi connectivity index (χ4n) is 2.34. The molecule has 0 saturated carbocycles. The van der Waals surface area contributed by atoms with Crippen LogP contribution in [-0.2, 0) is 9.84 Å². The van der Waals surface area contributed by atoms with Gasteiger partial charge in [0.05, 0.1) is 28.2 Å². The average Bonchev–Trinajstić information content (AvgIpc) is 2.99. The van der Waals surface area contributed by atoms with Crippen LogP contribution in [0.5, 0.6) is 5.75 Å². The molecule has 138 valence electrons. The quantitative estimate of drug-likeness (QED) is 0.738. The van der Waals surface area contributed by atoms with Crippen LogP contribution >= 0.6 is 0 Å². The standard InChI is InChI=1S/C17H22F2N2O3S/c1-5-25(22,23)15-8-9-21(12(2)3)16(15)14-7-6-13(10-20-14)24-11-17(4,18)19/h6-10,12H,5,11H2,1-4H3. The van der Waals surface area contributed by atoms with Crippen LogP contribution in [0.3, 0.4) is 0 Å². The van der Waals surface area contributed by atoms with Crippen LogP contribution in [0.4, 0.5) is 8.78 Å². The summed E-state index contributed by atoms with van der Waals surface area (Å²) in [5.41, 5.74) is 0.936. The Morgan fingerprint density at radius 1 is 1.28 bits per heavy atom. The molecule has 0 amide bonds. The van der Waals surface area contributed by atoms with E-state index >= 15 is 0 Å². The highest BCUT2D eigenvalue weighted by atomic mass is 32.2. The van der Waals surface area contributed by atoms with Crippen molar-refractivity contribution < 1.29 is 21.9 Å². The molecular formula is C17H22F2N2O3S. The first-order valence-corrected chi connectivity index (χ1v) is 9.61. The molecule has 8 heteroatoms. The van der Waals surface area contributed by atoms with Crippen molar-refractivity contribution in [3.8, 4) is 17.1 Å². The Hall–Kier alpha value is -1.96. The molecule has 0 aliphatic heterocycles. The highest BCUT2D eigenvalue weighted by Crippen LogP contribution is 2.31. The fourth-order valence-corrected chi connectivity index (χ4v) is 3.42. The second-order valence-corrected chi connectivity index (χ2v) is 8.42. The van der Waals surface area contributed by atoms with Crippen LogP contribution in [0.25, 0.3) is 11.4 Å². The zero-order valence-corrected chi connectivity index (χ0v) is 15.5. The molecule has 2 rings (SSSR count). The molecular weight excluding hydrogens is 350 g/mol. The number of hydrogen-bond acceptors (Lipinski definition) is 4. The Bertz CT molecular complexity index is 823. The normalized spacial score (nSPS) is 12.6. The molecule has 2 heterocycles. The molecule has 0 N–H and O–H groups in total. The van der Waals surface area contributed by atoms with Crippen LogP contribution < -0.4 is 4.74 Å². The van der Waals surface area contributed by atoms with Gasteiger partial charge in [-0.1, -0.05) is 6.92 Å². The van der Waals surface area contributed by atoms with E-state index in [0.29, 0.717) is 11.4 Å². The zero-order valence-electron chi connectivity index (χ0n) is 14.7. The summed E-state index contributed by atoms with van der Waals surface area (Å²) >= 11 is 0. The summed E-state index contributed by atoms with van der Waals surface area (Å²) in [4.78, 5) is 4.43. The van der Waals surface area contributed by atoms with Gasteiger partial charge in [0.1, 0.15) is 5.75 Å². The van der Waals surface area contributed by atoms with Crippen molar-refractivity contribution in [1.82, 2.24) is 9.55 Å². The maximum atomic E-state index is 12.9. The minimum absolute atomic E-state index is 0.0190. The van der Waals surface area contributed by atoms with Gasteiger partial charge in [-0.15, -0.1) is 0 Å². The van der Waals surface area contributed by atoms with Gasteiger partial charge in [-0.05, 0) is 32.0 Å². The van der Waals surface area contributed by atoms with Crippen LogP contribution in [0, 0.1) is 0 Å². The first-order chi connectivity index (χ1) is 11.5. The first kappa shape index (κ1) is 19.4. The predicted octanol–water partition coefficient (Wildman–Crippen LogP) is 3.96. The number of hydrogen-bond donors (Lipinski definition) is 0. The van der Waals surface area contributed by atoms with Crippen LogP contribution in [0.15, 0.2) is 35.5 Å². The minimum Gasteiger partial charge on any atom is -0.486 e. The monoisotopic (exact) mass is 372 g/mol. The minimum atomic E-state index is -3.42. The van der Waals surface area contributed by atoms with Crippen molar-refractivity contribution >= 4 is 9.84 Å². The summed E-state index contributed by atoms with van der Waals surface area (Å²) in [6, 6.07) is 4.69. The van der Waals surface area contributed by atoms with Crippen molar-refractivity contribution in [3.63, 3.8) is 0 Å². The van der Waals surface area contributed by atoms with Gasteiger partial charge >= 0.3 is 0 Å². The van der Waals surface area contributed by atoms with Crippen LogP contribution in [0.2, 0.25) is 0 Å². The third kappa shape index (κ3) is 4.56. The van der Waals surface area contributed by atoms with Gasteiger partial charge in [0.15, 0.2) is 16.4 Å². The number of sulfone groups is 1. The van der Waals surface area contributed by atoms with E-state index in [2.05, 4.69) is 4.98 Å². The summed E-state index contributed by atoms with van der Waals surface area (Å²) in [6.07, 6.45) is 3.04. The molecule has 5 nitrogen and oxygen atoms in total. The smallest absolute Gasteiger partial charge is 0.278 e. The van der Waals surface area contributed by atoms with Crippen molar-refractivity contribution in [2.45, 2.75) is 44.6 Å². The topological polar surface area (TPSA) is 61.2 Å². The molecule has 0 atom stereocenters. The average molecular weight is 372 g/mol. The summed E-state index contributed by atoms with van der Waals surface area (Å²) in [5, 5.41) is 0. The van der Waals surface area contributed by atoms with E-state index in [1.807, 2.05) is 18.4 Å². The van der Waals surface area contributed by atoms with Gasteiger partial charge < -0.3 is 9.30 Å². The molecule has 0 fully saturated rings. The molecule has 0 radical (unpaired) electrons. The van der Waals surface area contributed by atoms with Crippen molar-refractivity contribution in [2.24, 2.45) is 0 Å². The largest absolute Gasteiger partial charge is 0.486 e. The van der Waals surface area contributed by atoms with Crippen molar-refractivity contribution in [2.75, 3.05) is 12.4 Å². The van der Waals surface area contributed by atoms with Crippen molar-refractivity contribution in [1.29, 1.82) is 0 Å². The van der Waals surface area contributed by atoms with E-state index in [9.17, 15) is 17.2 Å². The lowest BCUT2D eigenvalue weighted by Crippen LogP contribution is -2.20. The van der Waals surface area contributed by atoms with Crippen molar-refractivity contribution in [3.05, 3.63) is 30.6 Å². The number of halogens is 2. The molecule has 2 aromatic heterocycles. The van der Waals surface area contributed by atoms with Gasteiger partial charge in [0.2, 0.25) is 0 Å². The maximum Gasteiger partial charge on any atom is 0.278 e. The summed E-state index contributed by atoms with van der Waals surface area (Å²) in [6.45, 7) is 5.48. The van der Waals surface area contributed by atoms with Crippen LogP contribution in [0.1, 0.15) is 33.7 Å². The Labute approximate surface area is 146 Å². The third-order valence-electron chi connectivity index (χ3n) is 3.62. The Morgan fingerprint density at radius 3 is 2.44 bits per heavy atom. The second-order valence-electron chi connectivity index (χ2n) is 6.17. The summed E-state index contributed by atoms with van der Waals surface area (Å²) < 4.78 is 57.3. The summed E-state index contributed by atoms with van der Waals surface area (Å²) in [5.74, 6) is -2.75. The molecule has 0 spiro atoms. The SMILES string of the molecule is CCS(=O)(=O)c1ccn(C(C)C)c1-c1ccc(OCC(C)(F)F)cn1. The van der Waals surface area contributed by atoms with E-state index < -0.39 is 22.4 Å². The number of alkyl halides is 2. The lowest BCUT2D eigenvalue weighted by molar-refractivity contribution is -0.0230. The summed E-state index contributed by atoms with van der Waals surface area (Å²) in [7, 11) is -3.42. The van der Waals surface area contributed by atoms with E-state index in [1.165, 1.54) is 12.3 Å².